The van der Waals surface area contributed by atoms with Gasteiger partial charge in [-0.3, -0.25) is 9.59 Å². The minimum Gasteiger partial charge on any atom is -0.481 e. The summed E-state index contributed by atoms with van der Waals surface area (Å²) in [4.78, 5) is 22.4. The molecule has 1 rings (SSSR count). The average molecular weight is 300 g/mol. The number of hydrogen-bond donors (Lipinski definition) is 2. The van der Waals surface area contributed by atoms with Gasteiger partial charge in [-0.15, -0.1) is 0 Å². The number of carboxylic acids is 1. The van der Waals surface area contributed by atoms with Crippen LogP contribution in [-0.2, 0) is 4.79 Å². The Balaban J connectivity index is 2.71. The van der Waals surface area contributed by atoms with Crippen molar-refractivity contribution >= 4 is 27.8 Å². The van der Waals surface area contributed by atoms with E-state index in [4.69, 9.17) is 5.11 Å². The second-order valence-corrected chi connectivity index (χ2v) is 4.72. The van der Waals surface area contributed by atoms with E-state index in [0.29, 0.717) is 5.56 Å². The third-order valence-corrected chi connectivity index (χ3v) is 3.36. The largest absolute Gasteiger partial charge is 0.481 e. The van der Waals surface area contributed by atoms with Crippen LogP contribution in [0, 0.1) is 12.8 Å². The van der Waals surface area contributed by atoms with Crippen LogP contribution in [0.3, 0.4) is 0 Å². The molecule has 0 spiro atoms. The lowest BCUT2D eigenvalue weighted by Gasteiger charge is -2.10. The molecule has 4 nitrogen and oxygen atoms in total. The van der Waals surface area contributed by atoms with Gasteiger partial charge in [0.25, 0.3) is 5.91 Å². The number of carboxylic acid groups (broad SMARTS) is 1. The molecule has 0 aliphatic heterocycles. The molecule has 0 radical (unpaired) electrons. The molecule has 0 saturated carbocycles. The fourth-order valence-electron chi connectivity index (χ4n) is 1.28. The molecule has 0 aromatic heterocycles. The van der Waals surface area contributed by atoms with E-state index in [1.54, 1.807) is 19.1 Å². The third kappa shape index (κ3) is 3.56. The number of aliphatic carboxylic acids is 1. The maximum atomic E-state index is 11.8. The number of carbonyl (C=O) groups excluding carboxylic acids is 1. The number of carbonyl (C=O) groups is 2. The van der Waals surface area contributed by atoms with Gasteiger partial charge in [-0.05, 0) is 24.6 Å². The van der Waals surface area contributed by atoms with Crippen molar-refractivity contribution in [3.63, 3.8) is 0 Å². The average Bonchev–Trinajstić information content (AvgIpc) is 2.29. The van der Waals surface area contributed by atoms with Crippen molar-refractivity contribution in [2.75, 3.05) is 6.54 Å². The minimum absolute atomic E-state index is 0.125. The summed E-state index contributed by atoms with van der Waals surface area (Å²) in [5, 5.41) is 11.3. The first-order valence-corrected chi connectivity index (χ1v) is 5.99. The molecule has 0 heterocycles. The summed E-state index contributed by atoms with van der Waals surface area (Å²) >= 11 is 3.34. The second-order valence-electron chi connectivity index (χ2n) is 3.86. The Kier molecular flexibility index (Phi) is 4.69. The summed E-state index contributed by atoms with van der Waals surface area (Å²) in [6.07, 6.45) is 0. The van der Waals surface area contributed by atoms with Crippen molar-refractivity contribution in [1.29, 1.82) is 0 Å². The van der Waals surface area contributed by atoms with Crippen molar-refractivity contribution in [1.82, 2.24) is 5.32 Å². The highest BCUT2D eigenvalue weighted by atomic mass is 79.9. The SMILES string of the molecule is Cc1c(Br)cccc1C(=O)NCC(C)C(=O)O. The monoisotopic (exact) mass is 299 g/mol. The molecule has 1 unspecified atom stereocenters. The Morgan fingerprint density at radius 1 is 1.47 bits per heavy atom. The van der Waals surface area contributed by atoms with Crippen molar-refractivity contribution in [3.05, 3.63) is 33.8 Å². The van der Waals surface area contributed by atoms with Gasteiger partial charge in [-0.25, -0.2) is 0 Å². The third-order valence-electron chi connectivity index (χ3n) is 2.50. The van der Waals surface area contributed by atoms with Gasteiger partial charge in [-0.2, -0.15) is 0 Å². The Labute approximate surface area is 108 Å². The predicted molar refractivity (Wildman–Crippen MR) is 68.0 cm³/mol. The molecule has 0 saturated heterocycles. The zero-order chi connectivity index (χ0) is 13.0. The maximum absolute atomic E-state index is 11.8. The van der Waals surface area contributed by atoms with Crippen LogP contribution in [0.1, 0.15) is 22.8 Å². The van der Waals surface area contributed by atoms with Crippen LogP contribution < -0.4 is 5.32 Å². The van der Waals surface area contributed by atoms with Gasteiger partial charge in [0.05, 0.1) is 5.92 Å². The fraction of sp³-hybridized carbons (Fsp3) is 0.333. The normalized spacial score (nSPS) is 11.9. The number of hydrogen-bond acceptors (Lipinski definition) is 2. The number of amides is 1. The van der Waals surface area contributed by atoms with Gasteiger partial charge in [0, 0.05) is 16.6 Å². The van der Waals surface area contributed by atoms with Crippen molar-refractivity contribution < 1.29 is 14.7 Å². The molecule has 0 fully saturated rings. The topological polar surface area (TPSA) is 66.4 Å². The molecule has 1 atom stereocenters. The highest BCUT2D eigenvalue weighted by molar-refractivity contribution is 9.10. The summed E-state index contributed by atoms with van der Waals surface area (Å²) in [7, 11) is 0. The zero-order valence-electron chi connectivity index (χ0n) is 9.66. The van der Waals surface area contributed by atoms with Gasteiger partial charge in [0.2, 0.25) is 0 Å². The van der Waals surface area contributed by atoms with Crippen LogP contribution in [0.2, 0.25) is 0 Å². The molecule has 1 amide bonds. The first kappa shape index (κ1) is 13.7. The number of rotatable bonds is 4. The summed E-state index contributed by atoms with van der Waals surface area (Å²) < 4.78 is 0.858. The molecule has 0 aliphatic carbocycles. The molecule has 2 N–H and O–H groups in total. The standard InChI is InChI=1S/C12H14BrNO3/c1-7(12(16)17)6-14-11(15)9-4-3-5-10(13)8(9)2/h3-5,7H,6H2,1-2H3,(H,14,15)(H,16,17). The first-order chi connectivity index (χ1) is 7.93. The molecular formula is C12H14BrNO3. The number of halogens is 1. The fourth-order valence-corrected chi connectivity index (χ4v) is 1.65. The van der Waals surface area contributed by atoms with E-state index in [2.05, 4.69) is 21.2 Å². The lowest BCUT2D eigenvalue weighted by atomic mass is 10.1. The van der Waals surface area contributed by atoms with Gasteiger partial charge in [0.1, 0.15) is 0 Å². The van der Waals surface area contributed by atoms with Crippen molar-refractivity contribution in [2.45, 2.75) is 13.8 Å². The Morgan fingerprint density at radius 2 is 2.12 bits per heavy atom. The van der Waals surface area contributed by atoms with E-state index in [-0.39, 0.29) is 12.5 Å². The Hall–Kier alpha value is -1.36. The van der Waals surface area contributed by atoms with E-state index >= 15 is 0 Å². The smallest absolute Gasteiger partial charge is 0.308 e. The van der Waals surface area contributed by atoms with Crippen molar-refractivity contribution in [3.8, 4) is 0 Å². The molecule has 1 aromatic rings. The van der Waals surface area contributed by atoms with Crippen LogP contribution >= 0.6 is 15.9 Å². The molecule has 5 heteroatoms. The lowest BCUT2D eigenvalue weighted by Crippen LogP contribution is -2.31. The van der Waals surface area contributed by atoms with Crippen LogP contribution in [-0.4, -0.2) is 23.5 Å². The molecule has 1 aromatic carbocycles. The molecule has 0 bridgehead atoms. The van der Waals surface area contributed by atoms with E-state index in [1.165, 1.54) is 0 Å². The first-order valence-electron chi connectivity index (χ1n) is 5.19. The van der Waals surface area contributed by atoms with E-state index in [9.17, 15) is 9.59 Å². The highest BCUT2D eigenvalue weighted by Crippen LogP contribution is 2.19. The summed E-state index contributed by atoms with van der Waals surface area (Å²) in [5.74, 6) is -1.76. The molecule has 92 valence electrons. The summed E-state index contributed by atoms with van der Waals surface area (Å²) in [6, 6.07) is 5.33. The lowest BCUT2D eigenvalue weighted by molar-refractivity contribution is -0.140. The van der Waals surface area contributed by atoms with Crippen LogP contribution in [0.4, 0.5) is 0 Å². The molecule has 17 heavy (non-hydrogen) atoms. The van der Waals surface area contributed by atoms with Crippen LogP contribution in [0.15, 0.2) is 22.7 Å². The van der Waals surface area contributed by atoms with Gasteiger partial charge >= 0.3 is 5.97 Å². The molecule has 0 aliphatic rings. The Bertz CT molecular complexity index is 445. The van der Waals surface area contributed by atoms with Gasteiger partial charge in [0.15, 0.2) is 0 Å². The zero-order valence-corrected chi connectivity index (χ0v) is 11.2. The number of nitrogens with one attached hydrogen (secondary N) is 1. The van der Waals surface area contributed by atoms with Crippen LogP contribution in [0.25, 0.3) is 0 Å². The maximum Gasteiger partial charge on any atom is 0.308 e. The van der Waals surface area contributed by atoms with Gasteiger partial charge < -0.3 is 10.4 Å². The van der Waals surface area contributed by atoms with E-state index < -0.39 is 11.9 Å². The van der Waals surface area contributed by atoms with Gasteiger partial charge in [-0.1, -0.05) is 28.9 Å². The predicted octanol–water partition coefficient (Wildman–Crippen LogP) is 2.21. The van der Waals surface area contributed by atoms with E-state index in [1.807, 2.05) is 13.0 Å². The summed E-state index contributed by atoms with van der Waals surface area (Å²) in [5.41, 5.74) is 1.39. The number of benzene rings is 1. The quantitative estimate of drug-likeness (QED) is 0.896. The summed E-state index contributed by atoms with van der Waals surface area (Å²) in [6.45, 7) is 3.51. The minimum atomic E-state index is -0.920. The second kappa shape index (κ2) is 5.82. The van der Waals surface area contributed by atoms with Crippen LogP contribution in [0.5, 0.6) is 0 Å². The van der Waals surface area contributed by atoms with E-state index in [0.717, 1.165) is 10.0 Å². The Morgan fingerprint density at radius 3 is 2.71 bits per heavy atom. The van der Waals surface area contributed by atoms with Crippen molar-refractivity contribution in [2.24, 2.45) is 5.92 Å². The highest BCUT2D eigenvalue weighted by Gasteiger charge is 2.14. The molecular weight excluding hydrogens is 286 g/mol.